The number of carbonyl (C=O) groups excluding carboxylic acids is 4. The van der Waals surface area contributed by atoms with E-state index in [0.29, 0.717) is 32.6 Å². The molecule has 3 aromatic rings. The minimum atomic E-state index is -3.13. The van der Waals surface area contributed by atoms with Crippen LogP contribution in [0.3, 0.4) is 0 Å². The third-order valence-electron chi connectivity index (χ3n) is 17.2. The summed E-state index contributed by atoms with van der Waals surface area (Å²) in [5.41, 5.74) is 1.32. The molecule has 13 nitrogen and oxygen atoms in total. The molecule has 7 fully saturated rings. The second-order valence-corrected chi connectivity index (χ2v) is 27.7. The molecule has 0 aromatic heterocycles. The van der Waals surface area contributed by atoms with Gasteiger partial charge in [-0.25, -0.2) is 14.4 Å². The number of benzene rings is 3. The van der Waals surface area contributed by atoms with Gasteiger partial charge in [0.05, 0.1) is 12.0 Å². The highest BCUT2D eigenvalue weighted by molar-refractivity contribution is 6.99. The van der Waals surface area contributed by atoms with Crippen LogP contribution in [0.4, 0.5) is 14.4 Å². The summed E-state index contributed by atoms with van der Waals surface area (Å²) in [6.45, 7) is 14.8. The zero-order valence-electron chi connectivity index (χ0n) is 43.3. The number of imide groups is 1. The first kappa shape index (κ1) is 51.7. The Labute approximate surface area is 428 Å². The van der Waals surface area contributed by atoms with Crippen molar-refractivity contribution in [1.29, 1.82) is 0 Å². The largest absolute Gasteiger partial charge is 0.508 e. The smallest absolute Gasteiger partial charge is 0.443 e. The third-order valence-corrected chi connectivity index (χ3v) is 22.3. The average Bonchev–Trinajstić information content (AvgIpc) is 3.75. The maximum atomic E-state index is 14.4. The van der Waals surface area contributed by atoms with Crippen LogP contribution in [-0.4, -0.2) is 117 Å². The summed E-state index contributed by atoms with van der Waals surface area (Å²) in [6.07, 6.45) is 13.0. The molecule has 72 heavy (non-hydrogen) atoms. The number of hydrogen-bond acceptors (Lipinski definition) is 10. The fourth-order valence-corrected chi connectivity index (χ4v) is 18.4. The van der Waals surface area contributed by atoms with Crippen LogP contribution in [0, 0.1) is 41.4 Å². The van der Waals surface area contributed by atoms with Gasteiger partial charge in [-0.3, -0.25) is 19.9 Å². The molecule has 4 amide bonds. The van der Waals surface area contributed by atoms with Gasteiger partial charge in [-0.1, -0.05) is 106 Å². The van der Waals surface area contributed by atoms with Crippen molar-refractivity contribution < 1.29 is 42.6 Å². The molecule has 3 heterocycles. The minimum absolute atomic E-state index is 0.0352. The van der Waals surface area contributed by atoms with Crippen LogP contribution >= 0.6 is 0 Å². The van der Waals surface area contributed by atoms with E-state index in [1.54, 1.807) is 6.92 Å². The average molecular weight is 1000 g/mol. The molecular formula is C58H76N4O9Si. The van der Waals surface area contributed by atoms with E-state index in [0.717, 1.165) is 77.8 Å². The zero-order chi connectivity index (χ0) is 50.8. The molecule has 4 bridgehead atoms. The molecule has 14 heteroatoms. The lowest BCUT2D eigenvalue weighted by Gasteiger charge is -2.61. The number of likely N-dealkylation sites (tertiary alicyclic amines) is 1. The number of hydrogen-bond donors (Lipinski definition) is 1. The van der Waals surface area contributed by atoms with Gasteiger partial charge in [0.2, 0.25) is 5.91 Å². The number of carbonyl (C=O) groups is 4. The van der Waals surface area contributed by atoms with Crippen LogP contribution in [-0.2, 0) is 34.7 Å². The van der Waals surface area contributed by atoms with Crippen molar-refractivity contribution in [2.24, 2.45) is 29.1 Å². The Balaban J connectivity index is 0.885. The standard InChI is InChI=1S/C58H76N4O9Si/c1-8-41-22-24-42(25-23-41)37-60(38-46-17-15-16-26-61(46)54(65)70-57(6,7)58-33-43-29-44(34-58)31-45(30-43)35-58)27-28-67-55(66)68-39-50-49(32-51(69-50)62-36-40(2)52(63)59-53(62)64)71-72(56(3,4)5,47-18-11-9-12-19-47)48-20-13-10-14-21-48/h1,9-14,18-25,40,43-46,49-51H,15-17,26-39H2,2-7H3,(H,59,63,64)/t40?,43?,44?,45?,46?,49-,50+,51+,58?/m0/s1. The van der Waals surface area contributed by atoms with Gasteiger partial charge in [0.25, 0.3) is 8.32 Å². The summed E-state index contributed by atoms with van der Waals surface area (Å²) in [7, 11) is -3.13. The van der Waals surface area contributed by atoms with E-state index in [2.05, 4.69) is 75.0 Å². The van der Waals surface area contributed by atoms with Crippen LogP contribution in [0.1, 0.15) is 117 Å². The van der Waals surface area contributed by atoms with Gasteiger partial charge in [0.15, 0.2) is 0 Å². The first-order valence-electron chi connectivity index (χ1n) is 26.6. The van der Waals surface area contributed by atoms with E-state index in [-0.39, 0.29) is 48.3 Å². The van der Waals surface area contributed by atoms with E-state index in [1.807, 2.05) is 65.6 Å². The summed E-state index contributed by atoms with van der Waals surface area (Å²) in [4.78, 5) is 59.6. The third kappa shape index (κ3) is 10.9. The Morgan fingerprint density at radius 2 is 1.49 bits per heavy atom. The normalized spacial score (nSPS) is 28.4. The molecule has 3 aliphatic heterocycles. The van der Waals surface area contributed by atoms with Crippen LogP contribution < -0.4 is 15.7 Å². The van der Waals surface area contributed by atoms with E-state index in [9.17, 15) is 19.2 Å². The maximum Gasteiger partial charge on any atom is 0.508 e. The molecule has 386 valence electrons. The summed E-state index contributed by atoms with van der Waals surface area (Å²) < 4.78 is 32.6. The second kappa shape index (κ2) is 21.3. The Bertz CT molecular complexity index is 2360. The van der Waals surface area contributed by atoms with Crippen molar-refractivity contribution in [2.75, 3.05) is 39.4 Å². The number of nitrogens with one attached hydrogen (secondary N) is 1. The first-order valence-corrected chi connectivity index (χ1v) is 28.5. The van der Waals surface area contributed by atoms with Gasteiger partial charge in [-0.2, -0.15) is 0 Å². The van der Waals surface area contributed by atoms with Gasteiger partial charge in [0, 0.05) is 56.2 Å². The van der Waals surface area contributed by atoms with Crippen LogP contribution in [0.25, 0.3) is 0 Å². The minimum Gasteiger partial charge on any atom is -0.443 e. The lowest BCUT2D eigenvalue weighted by Crippen LogP contribution is -2.68. The Kier molecular flexibility index (Phi) is 15.3. The fraction of sp³-hybridized carbons (Fsp3) is 0.586. The predicted molar refractivity (Wildman–Crippen MR) is 278 cm³/mol. The maximum absolute atomic E-state index is 14.4. The van der Waals surface area contributed by atoms with E-state index >= 15 is 0 Å². The molecule has 10 rings (SSSR count). The van der Waals surface area contributed by atoms with Crippen LogP contribution in [0.15, 0.2) is 84.9 Å². The Morgan fingerprint density at radius 1 is 0.861 bits per heavy atom. The summed E-state index contributed by atoms with van der Waals surface area (Å²) in [6, 6.07) is 27.8. The quantitative estimate of drug-likeness (QED) is 0.0843. The van der Waals surface area contributed by atoms with Crippen molar-refractivity contribution >= 4 is 42.9 Å². The monoisotopic (exact) mass is 1000 g/mol. The molecule has 3 saturated heterocycles. The van der Waals surface area contributed by atoms with E-state index < -0.39 is 50.5 Å². The number of terminal acetylenes is 1. The summed E-state index contributed by atoms with van der Waals surface area (Å²) in [5, 5.41) is 4.26. The number of rotatable bonds is 16. The van der Waals surface area contributed by atoms with Gasteiger partial charge < -0.3 is 28.3 Å². The Hall–Kier alpha value is -5.20. The Morgan fingerprint density at radius 3 is 2.08 bits per heavy atom. The predicted octanol–water partition coefficient (Wildman–Crippen LogP) is 8.86. The summed E-state index contributed by atoms with van der Waals surface area (Å²) in [5.74, 6) is 4.18. The van der Waals surface area contributed by atoms with Gasteiger partial charge in [-0.05, 0) is 122 Å². The highest BCUT2D eigenvalue weighted by atomic mass is 28.4. The lowest BCUT2D eigenvalue weighted by atomic mass is 9.46. The van der Waals surface area contributed by atoms with Gasteiger partial charge in [0.1, 0.15) is 31.1 Å². The highest BCUT2D eigenvalue weighted by Gasteiger charge is 2.59. The molecule has 0 spiro atoms. The van der Waals surface area contributed by atoms with Gasteiger partial charge >= 0.3 is 18.3 Å². The van der Waals surface area contributed by atoms with E-state index in [1.165, 1.54) is 24.2 Å². The molecule has 5 atom stereocenters. The highest BCUT2D eigenvalue weighted by Crippen LogP contribution is 2.64. The molecule has 0 radical (unpaired) electrons. The summed E-state index contributed by atoms with van der Waals surface area (Å²) >= 11 is 0. The van der Waals surface area contributed by atoms with Crippen LogP contribution in [0.5, 0.6) is 0 Å². The first-order chi connectivity index (χ1) is 34.5. The topological polar surface area (TPSA) is 136 Å². The van der Waals surface area contributed by atoms with Crippen molar-refractivity contribution in [3.8, 4) is 12.3 Å². The molecule has 1 N–H and O–H groups in total. The number of nitrogens with zero attached hydrogens (tertiary/aromatic N) is 3. The number of amides is 4. The molecule has 4 saturated carbocycles. The lowest BCUT2D eigenvalue weighted by molar-refractivity contribution is -0.168. The molecule has 3 aromatic carbocycles. The SMILES string of the molecule is C#Cc1ccc(CN(CCOC(=O)OC[C@H]2O[C@@H](N3CC(C)C(=O)NC3=O)C[C@@H]2O[Si](c2ccccc2)(c2ccccc2)C(C)(C)C)CC2CCCCN2C(=O)OC(C)(C)C23CC4CC(CC(C4)C2)C3)cc1. The number of urea groups is 1. The molecular weight excluding hydrogens is 925 g/mol. The van der Waals surface area contributed by atoms with Crippen molar-refractivity contribution in [3.63, 3.8) is 0 Å². The molecule has 4 aliphatic carbocycles. The number of ether oxygens (including phenoxy) is 4. The van der Waals surface area contributed by atoms with Crippen molar-refractivity contribution in [3.05, 3.63) is 96.1 Å². The second-order valence-electron chi connectivity index (χ2n) is 23.4. The molecule has 2 unspecified atom stereocenters. The van der Waals surface area contributed by atoms with Crippen molar-refractivity contribution in [1.82, 2.24) is 20.0 Å². The van der Waals surface area contributed by atoms with E-state index in [4.69, 9.17) is 29.8 Å². The van der Waals surface area contributed by atoms with Gasteiger partial charge in [-0.15, -0.1) is 6.42 Å². The van der Waals surface area contributed by atoms with Crippen LogP contribution in [0.2, 0.25) is 5.04 Å². The fourth-order valence-electron chi connectivity index (χ4n) is 13.7. The zero-order valence-corrected chi connectivity index (χ0v) is 44.3. The number of piperidine rings is 1. The van der Waals surface area contributed by atoms with Crippen molar-refractivity contribution in [2.45, 2.75) is 147 Å². The molecule has 7 aliphatic rings.